The first kappa shape index (κ1) is 31.8. The van der Waals surface area contributed by atoms with Crippen LogP contribution in [0.2, 0.25) is 0 Å². The van der Waals surface area contributed by atoms with E-state index in [9.17, 15) is 9.59 Å². The molecule has 4 aromatic carbocycles. The number of ketones is 1. The summed E-state index contributed by atoms with van der Waals surface area (Å²) in [4.78, 5) is 38.1. The molecular weight excluding hydrogens is 609 g/mol. The first-order valence-corrected chi connectivity index (χ1v) is 16.6. The summed E-state index contributed by atoms with van der Waals surface area (Å²) in [7, 11) is 4.94. The predicted molar refractivity (Wildman–Crippen MR) is 188 cm³/mol. The highest BCUT2D eigenvalue weighted by atomic mass is 32.2. The number of hydrogen-bond acceptors (Lipinski definition) is 8. The van der Waals surface area contributed by atoms with Gasteiger partial charge in [0, 0.05) is 30.9 Å². The number of rotatable bonds is 10. The average Bonchev–Trinajstić information content (AvgIpc) is 3.30. The Balaban J connectivity index is 1.61. The molecule has 1 aliphatic rings. The van der Waals surface area contributed by atoms with Gasteiger partial charge in [0.1, 0.15) is 11.5 Å². The third-order valence-electron chi connectivity index (χ3n) is 8.63. The van der Waals surface area contributed by atoms with Crippen LogP contribution in [0.1, 0.15) is 45.4 Å². The second-order valence-electron chi connectivity index (χ2n) is 11.3. The van der Waals surface area contributed by atoms with E-state index < -0.39 is 12.0 Å². The number of benzene rings is 4. The van der Waals surface area contributed by atoms with Crippen molar-refractivity contribution in [2.75, 3.05) is 25.8 Å². The molecule has 1 aromatic heterocycles. The van der Waals surface area contributed by atoms with E-state index in [0.29, 0.717) is 33.7 Å². The van der Waals surface area contributed by atoms with Crippen LogP contribution >= 0.6 is 11.8 Å². The van der Waals surface area contributed by atoms with E-state index in [1.54, 1.807) is 45.5 Å². The minimum Gasteiger partial charge on any atom is -0.497 e. The molecule has 1 N–H and O–H groups in total. The molecule has 3 atom stereocenters. The highest BCUT2D eigenvalue weighted by Gasteiger charge is 2.40. The van der Waals surface area contributed by atoms with Gasteiger partial charge >= 0.3 is 0 Å². The summed E-state index contributed by atoms with van der Waals surface area (Å²) in [6.07, 6.45) is 2.09. The molecule has 2 heterocycles. The smallest absolute Gasteiger partial charge is 0.282 e. The molecule has 0 spiro atoms. The number of fused-ring (bicyclic) bond motifs is 1. The van der Waals surface area contributed by atoms with Crippen LogP contribution in [0.15, 0.2) is 124 Å². The van der Waals surface area contributed by atoms with Crippen LogP contribution in [0, 0.1) is 5.92 Å². The molecule has 5 aromatic rings. The van der Waals surface area contributed by atoms with Gasteiger partial charge in [0.2, 0.25) is 0 Å². The standard InChI is InChI=1S/C38H36N4O4S/c1-42-37(44)35-36(41-38(42)47-4)40-34(26-13-9-6-10-14-26)32(33(39-35)27-17-21-29(46-3)22-18-27)30(24-11-7-5-8-12-24)23-31(43)25-15-19-28(45-2)20-16-25/h5-22,30,32,34,40H,23H2,1-4H3/t30-,32-,34+/m0/s1. The lowest BCUT2D eigenvalue weighted by atomic mass is 9.72. The lowest BCUT2D eigenvalue weighted by Gasteiger charge is -2.35. The van der Waals surface area contributed by atoms with Gasteiger partial charge in [-0.25, -0.2) is 9.98 Å². The summed E-state index contributed by atoms with van der Waals surface area (Å²) in [5.74, 6) is 1.03. The molecule has 0 radical (unpaired) electrons. The van der Waals surface area contributed by atoms with Crippen molar-refractivity contribution in [2.45, 2.75) is 23.5 Å². The number of thioether (sulfide) groups is 1. The van der Waals surface area contributed by atoms with Crippen molar-refractivity contribution in [3.8, 4) is 11.5 Å². The zero-order valence-corrected chi connectivity index (χ0v) is 27.5. The van der Waals surface area contributed by atoms with Crippen LogP contribution in [0.25, 0.3) is 0 Å². The van der Waals surface area contributed by atoms with Crippen molar-refractivity contribution in [2.24, 2.45) is 18.0 Å². The number of carbonyl (C=O) groups is 1. The topological polar surface area (TPSA) is 94.8 Å². The highest BCUT2D eigenvalue weighted by Crippen LogP contribution is 2.45. The van der Waals surface area contributed by atoms with Gasteiger partial charge in [-0.15, -0.1) is 0 Å². The third kappa shape index (κ3) is 6.57. The van der Waals surface area contributed by atoms with Gasteiger partial charge in [0.05, 0.1) is 26.0 Å². The zero-order chi connectivity index (χ0) is 32.9. The number of aromatic nitrogens is 2. The Hall–Kier alpha value is -5.15. The third-order valence-corrected chi connectivity index (χ3v) is 9.36. The van der Waals surface area contributed by atoms with Crippen molar-refractivity contribution >= 4 is 34.8 Å². The second-order valence-corrected chi connectivity index (χ2v) is 12.1. The molecule has 0 unspecified atom stereocenters. The summed E-state index contributed by atoms with van der Waals surface area (Å²) in [6.45, 7) is 0. The quantitative estimate of drug-likeness (QED) is 0.0957. The maximum atomic E-state index is 14.1. The largest absolute Gasteiger partial charge is 0.497 e. The minimum absolute atomic E-state index is 0.0112. The number of nitrogens with one attached hydrogen (secondary N) is 1. The second kappa shape index (κ2) is 14.1. The Morgan fingerprint density at radius 1 is 0.872 bits per heavy atom. The lowest BCUT2D eigenvalue weighted by Crippen LogP contribution is -2.34. The Morgan fingerprint density at radius 2 is 1.47 bits per heavy atom. The molecule has 238 valence electrons. The molecule has 0 saturated heterocycles. The Kier molecular flexibility index (Phi) is 9.54. The monoisotopic (exact) mass is 644 g/mol. The first-order chi connectivity index (χ1) is 22.9. The van der Waals surface area contributed by atoms with E-state index in [0.717, 1.165) is 16.7 Å². The van der Waals surface area contributed by atoms with E-state index in [4.69, 9.17) is 19.5 Å². The molecule has 6 rings (SSSR count). The molecular formula is C38H36N4O4S. The SMILES string of the molecule is COc1ccc(C(=O)C[C@@H](c2ccccc2)[C@H]2C(c3ccc(OC)cc3)=Nc3c(nc(SC)n(C)c3=O)N[C@@H]2c2ccccc2)cc1. The lowest BCUT2D eigenvalue weighted by molar-refractivity contribution is 0.0967. The normalized spacial score (nSPS) is 16.2. The Morgan fingerprint density at radius 3 is 2.06 bits per heavy atom. The minimum atomic E-state index is -0.410. The molecule has 8 nitrogen and oxygen atoms in total. The van der Waals surface area contributed by atoms with Crippen molar-refractivity contribution < 1.29 is 14.3 Å². The maximum absolute atomic E-state index is 14.1. The van der Waals surface area contributed by atoms with Crippen molar-refractivity contribution in [1.29, 1.82) is 0 Å². The fraction of sp³-hybridized carbons (Fsp3) is 0.211. The zero-order valence-electron chi connectivity index (χ0n) is 26.7. The molecule has 47 heavy (non-hydrogen) atoms. The van der Waals surface area contributed by atoms with Gasteiger partial charge in [0.25, 0.3) is 5.56 Å². The molecule has 0 fully saturated rings. The van der Waals surface area contributed by atoms with Crippen molar-refractivity contribution in [3.63, 3.8) is 0 Å². The summed E-state index contributed by atoms with van der Waals surface area (Å²) in [5.41, 5.74) is 4.04. The first-order valence-electron chi connectivity index (χ1n) is 15.3. The number of methoxy groups -OCH3 is 2. The van der Waals surface area contributed by atoms with Crippen molar-refractivity contribution in [1.82, 2.24) is 9.55 Å². The fourth-order valence-electron chi connectivity index (χ4n) is 6.18. The summed E-state index contributed by atoms with van der Waals surface area (Å²) in [6, 6.07) is 34.6. The maximum Gasteiger partial charge on any atom is 0.282 e. The van der Waals surface area contributed by atoms with Crippen LogP contribution in [0.5, 0.6) is 11.5 Å². The Labute approximate surface area is 278 Å². The van der Waals surface area contributed by atoms with Gasteiger partial charge in [-0.1, -0.05) is 72.4 Å². The summed E-state index contributed by atoms with van der Waals surface area (Å²) >= 11 is 1.40. The molecule has 0 amide bonds. The van der Waals surface area contributed by atoms with Gasteiger partial charge < -0.3 is 14.8 Å². The highest BCUT2D eigenvalue weighted by molar-refractivity contribution is 7.98. The van der Waals surface area contributed by atoms with E-state index in [1.807, 2.05) is 66.9 Å². The Bertz CT molecular complexity index is 1940. The van der Waals surface area contributed by atoms with Crippen LogP contribution in [-0.4, -0.2) is 41.5 Å². The summed E-state index contributed by atoms with van der Waals surface area (Å²) < 4.78 is 12.3. The summed E-state index contributed by atoms with van der Waals surface area (Å²) in [5, 5.41) is 4.24. The van der Waals surface area contributed by atoms with Crippen LogP contribution in [-0.2, 0) is 7.05 Å². The van der Waals surface area contributed by atoms with E-state index in [2.05, 4.69) is 29.6 Å². The van der Waals surface area contributed by atoms with E-state index in [-0.39, 0.29) is 29.4 Å². The number of hydrogen-bond donors (Lipinski definition) is 1. The number of nitrogens with zero attached hydrogens (tertiary/aromatic N) is 3. The van der Waals surface area contributed by atoms with Crippen LogP contribution in [0.3, 0.4) is 0 Å². The number of Topliss-reactive ketones (excluding diaryl/α,β-unsaturated/α-hetero) is 1. The molecule has 0 bridgehead atoms. The predicted octanol–water partition coefficient (Wildman–Crippen LogP) is 7.48. The van der Waals surface area contributed by atoms with Gasteiger partial charge in [-0.2, -0.15) is 0 Å². The van der Waals surface area contributed by atoms with Gasteiger partial charge in [0.15, 0.2) is 22.4 Å². The van der Waals surface area contributed by atoms with Gasteiger partial charge in [-0.3, -0.25) is 14.2 Å². The van der Waals surface area contributed by atoms with Gasteiger partial charge in [-0.05, 0) is 71.5 Å². The number of aliphatic imine (C=N–C) groups is 1. The number of anilines is 1. The van der Waals surface area contributed by atoms with Crippen LogP contribution < -0.4 is 20.3 Å². The molecule has 0 saturated carbocycles. The molecule has 1 aliphatic heterocycles. The molecule has 9 heteroatoms. The fourth-order valence-corrected chi connectivity index (χ4v) is 6.72. The van der Waals surface area contributed by atoms with Crippen molar-refractivity contribution in [3.05, 3.63) is 142 Å². The van der Waals surface area contributed by atoms with Crippen LogP contribution in [0.4, 0.5) is 11.5 Å². The van der Waals surface area contributed by atoms with E-state index in [1.165, 1.54) is 16.3 Å². The number of carbonyl (C=O) groups excluding carboxylic acids is 1. The molecule has 0 aliphatic carbocycles. The van der Waals surface area contributed by atoms with E-state index >= 15 is 0 Å². The average molecular weight is 645 g/mol. The number of ether oxygens (including phenoxy) is 2.